The molecule has 2 aliphatic rings. The lowest BCUT2D eigenvalue weighted by Crippen LogP contribution is -2.56. The first-order valence-corrected chi connectivity index (χ1v) is 13.6. The number of carbonyl (C=O) groups is 5. The molecule has 1 saturated carbocycles. The average Bonchev–Trinajstić information content (AvgIpc) is 2.92. The Kier molecular flexibility index (Phi) is 8.94. The van der Waals surface area contributed by atoms with Crippen LogP contribution in [0.15, 0.2) is 24.3 Å². The summed E-state index contributed by atoms with van der Waals surface area (Å²) in [6.07, 6.45) is 0.361. The van der Waals surface area contributed by atoms with E-state index < -0.39 is 41.5 Å². The largest absolute Gasteiger partial charge is 0.481 e. The molecular formula is C28H34N4O9. The van der Waals surface area contributed by atoms with E-state index >= 15 is 0 Å². The molecule has 1 atom stereocenters. The predicted octanol–water partition coefficient (Wildman–Crippen LogP) is 2.19. The number of hydrogen-bond acceptors (Lipinski definition) is 8. The van der Waals surface area contributed by atoms with E-state index in [1.807, 2.05) is 0 Å². The van der Waals surface area contributed by atoms with Crippen LogP contribution in [-0.4, -0.2) is 99.3 Å². The number of aliphatic carboxylic acids is 2. The number of amides is 3. The molecule has 0 bridgehead atoms. The smallest absolute Gasteiger partial charge is 0.409 e. The molecule has 1 unspecified atom stereocenters. The van der Waals surface area contributed by atoms with Crippen molar-refractivity contribution in [2.75, 3.05) is 32.8 Å². The molecule has 4 rings (SSSR count). The SMILES string of the molecule is CCOC(=O)N1CCN(C(=O)C(CCC(=O)O)NC(=O)c2cc(OC3(C(=O)O)CCC3)c3cccc(C)c3n2)CC1. The van der Waals surface area contributed by atoms with E-state index in [2.05, 4.69) is 10.3 Å². The molecule has 220 valence electrons. The maximum absolute atomic E-state index is 13.5. The van der Waals surface area contributed by atoms with Crippen LogP contribution in [0.5, 0.6) is 5.75 Å². The number of carbonyl (C=O) groups excluding carboxylic acids is 3. The molecule has 3 N–H and O–H groups in total. The predicted molar refractivity (Wildman–Crippen MR) is 145 cm³/mol. The third kappa shape index (κ3) is 6.50. The summed E-state index contributed by atoms with van der Waals surface area (Å²) in [4.78, 5) is 69.6. The Labute approximate surface area is 236 Å². The van der Waals surface area contributed by atoms with Crippen LogP contribution in [0.2, 0.25) is 0 Å². The van der Waals surface area contributed by atoms with Crippen LogP contribution in [0.25, 0.3) is 10.9 Å². The molecule has 0 radical (unpaired) electrons. The normalized spacial score (nSPS) is 16.8. The zero-order valence-corrected chi connectivity index (χ0v) is 23.1. The van der Waals surface area contributed by atoms with Crippen LogP contribution in [-0.2, 0) is 19.1 Å². The van der Waals surface area contributed by atoms with E-state index in [4.69, 9.17) is 9.47 Å². The first kappa shape index (κ1) is 29.6. The Morgan fingerprint density at radius 1 is 1.07 bits per heavy atom. The lowest BCUT2D eigenvalue weighted by molar-refractivity contribution is -0.163. The Hall–Kier alpha value is -4.42. The highest BCUT2D eigenvalue weighted by Crippen LogP contribution is 2.39. The standard InChI is InChI=1S/C28H34N4O9/c1-3-40-27(39)32-14-12-31(13-15-32)25(36)19(8-9-22(33)34)30-24(35)20-16-21(41-28(26(37)38)10-5-11-28)18-7-4-6-17(2)23(18)29-20/h4,6-7,16,19H,3,5,8-15H2,1-2H3,(H,30,35)(H,33,34)(H,37,38). The van der Waals surface area contributed by atoms with Crippen molar-refractivity contribution < 1.29 is 43.7 Å². The molecule has 13 heteroatoms. The fraction of sp³-hybridized carbons (Fsp3) is 0.500. The minimum absolute atomic E-state index is 0.0954. The van der Waals surface area contributed by atoms with Gasteiger partial charge in [0.15, 0.2) is 0 Å². The van der Waals surface area contributed by atoms with Crippen LogP contribution in [0.1, 0.15) is 55.1 Å². The molecule has 1 aromatic heterocycles. The van der Waals surface area contributed by atoms with Crippen LogP contribution < -0.4 is 10.1 Å². The number of benzene rings is 1. The third-order valence-electron chi connectivity index (χ3n) is 7.46. The van der Waals surface area contributed by atoms with E-state index in [1.165, 1.54) is 15.9 Å². The van der Waals surface area contributed by atoms with Gasteiger partial charge in [-0.25, -0.2) is 14.6 Å². The number of para-hydroxylation sites is 1. The number of carboxylic acid groups (broad SMARTS) is 2. The van der Waals surface area contributed by atoms with Gasteiger partial charge in [-0.2, -0.15) is 0 Å². The Morgan fingerprint density at radius 3 is 2.34 bits per heavy atom. The van der Waals surface area contributed by atoms with Crippen molar-refractivity contribution >= 4 is 40.7 Å². The number of pyridine rings is 1. The van der Waals surface area contributed by atoms with Crippen molar-refractivity contribution in [3.63, 3.8) is 0 Å². The number of aromatic nitrogens is 1. The van der Waals surface area contributed by atoms with Gasteiger partial charge in [0.2, 0.25) is 11.5 Å². The number of rotatable bonds is 10. The molecule has 2 heterocycles. The summed E-state index contributed by atoms with van der Waals surface area (Å²) in [5, 5.41) is 22.2. The van der Waals surface area contributed by atoms with Crippen LogP contribution in [0, 0.1) is 6.92 Å². The summed E-state index contributed by atoms with van der Waals surface area (Å²) >= 11 is 0. The summed E-state index contributed by atoms with van der Waals surface area (Å²) in [6.45, 7) is 4.59. The van der Waals surface area contributed by atoms with Gasteiger partial charge in [-0.05, 0) is 51.2 Å². The van der Waals surface area contributed by atoms with Gasteiger partial charge >= 0.3 is 18.0 Å². The lowest BCUT2D eigenvalue weighted by atomic mass is 9.80. The lowest BCUT2D eigenvalue weighted by Gasteiger charge is -2.38. The number of carboxylic acids is 2. The van der Waals surface area contributed by atoms with Gasteiger partial charge in [0.05, 0.1) is 12.1 Å². The average molecular weight is 571 g/mol. The van der Waals surface area contributed by atoms with E-state index in [0.717, 1.165) is 5.56 Å². The number of nitrogens with one attached hydrogen (secondary N) is 1. The minimum Gasteiger partial charge on any atom is -0.481 e. The number of aryl methyl sites for hydroxylation is 1. The number of ether oxygens (including phenoxy) is 2. The van der Waals surface area contributed by atoms with E-state index in [0.29, 0.717) is 30.2 Å². The molecule has 2 aromatic rings. The van der Waals surface area contributed by atoms with Crippen molar-refractivity contribution in [1.82, 2.24) is 20.1 Å². The highest BCUT2D eigenvalue weighted by Gasteiger charge is 2.47. The first-order chi connectivity index (χ1) is 19.5. The molecule has 1 aliphatic heterocycles. The zero-order chi connectivity index (χ0) is 29.7. The second kappa shape index (κ2) is 12.4. The fourth-order valence-electron chi connectivity index (χ4n) is 4.93. The molecule has 0 spiro atoms. The van der Waals surface area contributed by atoms with Gasteiger partial charge in [0, 0.05) is 44.1 Å². The van der Waals surface area contributed by atoms with Crippen LogP contribution in [0.4, 0.5) is 4.79 Å². The zero-order valence-electron chi connectivity index (χ0n) is 23.1. The summed E-state index contributed by atoms with van der Waals surface area (Å²) in [5.74, 6) is -3.23. The highest BCUT2D eigenvalue weighted by atomic mass is 16.6. The minimum atomic E-state index is -1.39. The second-order valence-corrected chi connectivity index (χ2v) is 10.2. The second-order valence-electron chi connectivity index (χ2n) is 10.2. The molecule has 3 amide bonds. The number of piperazine rings is 1. The Balaban J connectivity index is 1.57. The number of fused-ring (bicyclic) bond motifs is 1. The van der Waals surface area contributed by atoms with E-state index in [1.54, 1.807) is 32.0 Å². The van der Waals surface area contributed by atoms with Crippen molar-refractivity contribution in [2.45, 2.75) is 57.6 Å². The van der Waals surface area contributed by atoms with E-state index in [9.17, 15) is 34.2 Å². The van der Waals surface area contributed by atoms with Gasteiger partial charge < -0.3 is 34.8 Å². The summed E-state index contributed by atoms with van der Waals surface area (Å²) in [5.41, 5.74) is -0.310. The quantitative estimate of drug-likeness (QED) is 0.384. The van der Waals surface area contributed by atoms with Gasteiger partial charge in [-0.1, -0.05) is 12.1 Å². The van der Waals surface area contributed by atoms with Gasteiger partial charge in [0.1, 0.15) is 17.5 Å². The Morgan fingerprint density at radius 2 is 1.76 bits per heavy atom. The monoisotopic (exact) mass is 570 g/mol. The molecule has 1 saturated heterocycles. The molecular weight excluding hydrogens is 536 g/mol. The third-order valence-corrected chi connectivity index (χ3v) is 7.46. The highest BCUT2D eigenvalue weighted by molar-refractivity contribution is 6.00. The van der Waals surface area contributed by atoms with Crippen LogP contribution >= 0.6 is 0 Å². The molecule has 1 aromatic carbocycles. The van der Waals surface area contributed by atoms with Crippen LogP contribution in [0.3, 0.4) is 0 Å². The summed E-state index contributed by atoms with van der Waals surface area (Å²) < 4.78 is 11.0. The molecule has 1 aliphatic carbocycles. The van der Waals surface area contributed by atoms with Crippen molar-refractivity contribution in [3.8, 4) is 5.75 Å². The fourth-order valence-corrected chi connectivity index (χ4v) is 4.93. The van der Waals surface area contributed by atoms with Crippen molar-refractivity contribution in [1.29, 1.82) is 0 Å². The molecule has 13 nitrogen and oxygen atoms in total. The summed E-state index contributed by atoms with van der Waals surface area (Å²) in [7, 11) is 0. The maximum atomic E-state index is 13.5. The van der Waals surface area contributed by atoms with Crippen molar-refractivity contribution in [2.24, 2.45) is 0 Å². The molecule has 2 fully saturated rings. The van der Waals surface area contributed by atoms with Gasteiger partial charge in [-0.3, -0.25) is 14.4 Å². The first-order valence-electron chi connectivity index (χ1n) is 13.6. The van der Waals surface area contributed by atoms with Gasteiger partial charge in [-0.15, -0.1) is 0 Å². The topological polar surface area (TPSA) is 176 Å². The Bertz CT molecular complexity index is 1350. The van der Waals surface area contributed by atoms with Crippen molar-refractivity contribution in [3.05, 3.63) is 35.5 Å². The number of hydrogen-bond donors (Lipinski definition) is 3. The maximum Gasteiger partial charge on any atom is 0.409 e. The number of nitrogens with zero attached hydrogens (tertiary/aromatic N) is 3. The van der Waals surface area contributed by atoms with Gasteiger partial charge in [0.25, 0.3) is 5.91 Å². The molecule has 41 heavy (non-hydrogen) atoms. The summed E-state index contributed by atoms with van der Waals surface area (Å²) in [6, 6.07) is 5.50. The van der Waals surface area contributed by atoms with E-state index in [-0.39, 0.29) is 57.1 Å².